The molecule has 1 aliphatic heterocycles. The Morgan fingerprint density at radius 1 is 1.14 bits per heavy atom. The molecule has 1 aliphatic rings. The number of piperazine rings is 1. The molecule has 146 valence electrons. The number of ether oxygens (including phenoxy) is 1. The lowest BCUT2D eigenvalue weighted by molar-refractivity contribution is -0.118. The van der Waals surface area contributed by atoms with Gasteiger partial charge in [0, 0.05) is 37.6 Å². The van der Waals surface area contributed by atoms with E-state index >= 15 is 0 Å². The van der Waals surface area contributed by atoms with E-state index in [4.69, 9.17) is 4.74 Å². The summed E-state index contributed by atoms with van der Waals surface area (Å²) in [4.78, 5) is 47.6. The van der Waals surface area contributed by atoms with Crippen LogP contribution in [0.25, 0.3) is 0 Å². The maximum atomic E-state index is 12.7. The second-order valence-electron chi connectivity index (χ2n) is 6.35. The molecule has 2 heterocycles. The Labute approximate surface area is 162 Å². The van der Waals surface area contributed by atoms with Crippen molar-refractivity contribution in [1.82, 2.24) is 14.9 Å². The van der Waals surface area contributed by atoms with E-state index in [0.717, 1.165) is 6.41 Å². The second-order valence-corrected chi connectivity index (χ2v) is 6.35. The van der Waals surface area contributed by atoms with Crippen LogP contribution >= 0.6 is 0 Å². The largest absolute Gasteiger partial charge is 0.465 e. The summed E-state index contributed by atoms with van der Waals surface area (Å²) in [5, 5.41) is 2.74. The molecular formula is C19H21N5O4. The molecule has 1 aromatic heterocycles. The van der Waals surface area contributed by atoms with E-state index in [2.05, 4.69) is 15.3 Å². The molecule has 3 rings (SSSR count). The summed E-state index contributed by atoms with van der Waals surface area (Å²) in [5.74, 6) is -0.426. The first-order valence-corrected chi connectivity index (χ1v) is 8.80. The van der Waals surface area contributed by atoms with Crippen molar-refractivity contribution in [1.29, 1.82) is 0 Å². The van der Waals surface area contributed by atoms with Crippen molar-refractivity contribution in [2.24, 2.45) is 0 Å². The number of nitrogens with one attached hydrogen (secondary N) is 1. The van der Waals surface area contributed by atoms with E-state index in [0.29, 0.717) is 49.1 Å². The first kappa shape index (κ1) is 19.3. The average Bonchev–Trinajstić information content (AvgIpc) is 2.73. The van der Waals surface area contributed by atoms with Gasteiger partial charge in [-0.1, -0.05) is 6.07 Å². The summed E-state index contributed by atoms with van der Waals surface area (Å²) in [6.45, 7) is 4.17. The highest BCUT2D eigenvalue weighted by molar-refractivity contribution is 6.03. The maximum Gasteiger partial charge on any atom is 0.337 e. The van der Waals surface area contributed by atoms with Crippen LogP contribution in [0, 0.1) is 6.92 Å². The number of methoxy groups -OCH3 is 1. The smallest absolute Gasteiger partial charge is 0.337 e. The highest BCUT2D eigenvalue weighted by atomic mass is 16.5. The average molecular weight is 383 g/mol. The van der Waals surface area contributed by atoms with Gasteiger partial charge in [-0.05, 0) is 31.2 Å². The molecule has 1 fully saturated rings. The van der Waals surface area contributed by atoms with Crippen molar-refractivity contribution >= 4 is 29.9 Å². The first-order chi connectivity index (χ1) is 13.5. The molecule has 0 radical (unpaired) electrons. The molecule has 1 aromatic carbocycles. The van der Waals surface area contributed by atoms with Gasteiger partial charge in [-0.25, -0.2) is 14.8 Å². The number of esters is 1. The Kier molecular flexibility index (Phi) is 5.83. The van der Waals surface area contributed by atoms with Gasteiger partial charge in [0.05, 0.1) is 12.7 Å². The molecule has 0 atom stereocenters. The molecule has 0 unspecified atom stereocenters. The number of aromatic nitrogens is 2. The predicted octanol–water partition coefficient (Wildman–Crippen LogP) is 1.10. The number of nitrogens with zero attached hydrogens (tertiary/aromatic N) is 4. The summed E-state index contributed by atoms with van der Waals surface area (Å²) in [5.41, 5.74) is 1.69. The summed E-state index contributed by atoms with van der Waals surface area (Å²) in [6, 6.07) is 8.08. The minimum Gasteiger partial charge on any atom is -0.465 e. The van der Waals surface area contributed by atoms with Gasteiger partial charge in [-0.15, -0.1) is 0 Å². The fourth-order valence-electron chi connectivity index (χ4n) is 2.87. The number of benzene rings is 1. The summed E-state index contributed by atoms with van der Waals surface area (Å²) in [7, 11) is 1.30. The minimum absolute atomic E-state index is 0.226. The normalized spacial score (nSPS) is 13.8. The van der Waals surface area contributed by atoms with Crippen molar-refractivity contribution < 1.29 is 19.1 Å². The van der Waals surface area contributed by atoms with Gasteiger partial charge in [0.1, 0.15) is 5.69 Å². The summed E-state index contributed by atoms with van der Waals surface area (Å²) < 4.78 is 4.69. The van der Waals surface area contributed by atoms with E-state index in [-0.39, 0.29) is 5.69 Å². The Morgan fingerprint density at radius 3 is 2.57 bits per heavy atom. The van der Waals surface area contributed by atoms with Gasteiger partial charge < -0.3 is 19.9 Å². The number of aryl methyl sites for hydroxylation is 1. The van der Waals surface area contributed by atoms with Crippen LogP contribution in [0.1, 0.15) is 26.5 Å². The fraction of sp³-hybridized carbons (Fsp3) is 0.316. The van der Waals surface area contributed by atoms with Crippen molar-refractivity contribution in [3.63, 3.8) is 0 Å². The lowest BCUT2D eigenvalue weighted by Crippen LogP contribution is -2.46. The molecular weight excluding hydrogens is 362 g/mol. The van der Waals surface area contributed by atoms with Crippen molar-refractivity contribution in [2.45, 2.75) is 6.92 Å². The SMILES string of the molecule is COC(=O)c1cccc(NC(=O)c2cc(C)nc(N3CCN(C=O)CC3)n2)c1. The summed E-state index contributed by atoms with van der Waals surface area (Å²) >= 11 is 0. The number of hydrogen-bond donors (Lipinski definition) is 1. The molecule has 9 nitrogen and oxygen atoms in total. The molecule has 0 saturated carbocycles. The highest BCUT2D eigenvalue weighted by Gasteiger charge is 2.20. The molecule has 28 heavy (non-hydrogen) atoms. The van der Waals surface area contributed by atoms with Crippen LogP contribution in [0.2, 0.25) is 0 Å². The van der Waals surface area contributed by atoms with Crippen molar-refractivity contribution in [3.8, 4) is 0 Å². The number of hydrogen-bond acceptors (Lipinski definition) is 7. The van der Waals surface area contributed by atoms with Crippen molar-refractivity contribution in [3.05, 3.63) is 47.3 Å². The lowest BCUT2D eigenvalue weighted by atomic mass is 10.2. The predicted molar refractivity (Wildman–Crippen MR) is 102 cm³/mol. The molecule has 9 heteroatoms. The van der Waals surface area contributed by atoms with E-state index in [9.17, 15) is 14.4 Å². The third-order valence-corrected chi connectivity index (χ3v) is 4.36. The standard InChI is InChI=1S/C19H21N5O4/c1-13-10-16(22-19(20-13)24-8-6-23(12-25)7-9-24)17(26)21-15-5-3-4-14(11-15)18(27)28-2/h3-5,10-12H,6-9H2,1-2H3,(H,21,26). The second kappa shape index (κ2) is 8.47. The van der Waals surface area contributed by atoms with Gasteiger partial charge in [-0.2, -0.15) is 0 Å². The van der Waals surface area contributed by atoms with Crippen molar-refractivity contribution in [2.75, 3.05) is 43.5 Å². The van der Waals surface area contributed by atoms with Crippen LogP contribution in [0.4, 0.5) is 11.6 Å². The zero-order valence-electron chi connectivity index (χ0n) is 15.7. The van der Waals surface area contributed by atoms with Crippen LogP contribution in [0.15, 0.2) is 30.3 Å². The molecule has 2 aromatic rings. The number of carbonyl (C=O) groups excluding carboxylic acids is 3. The van der Waals surface area contributed by atoms with Crippen LogP contribution in [-0.4, -0.2) is 66.4 Å². The Bertz CT molecular complexity index is 894. The van der Waals surface area contributed by atoms with Crippen LogP contribution in [-0.2, 0) is 9.53 Å². The van der Waals surface area contributed by atoms with E-state index in [1.54, 1.807) is 36.1 Å². The van der Waals surface area contributed by atoms with Gasteiger partial charge >= 0.3 is 5.97 Å². The monoisotopic (exact) mass is 383 g/mol. The molecule has 0 aliphatic carbocycles. The molecule has 2 amide bonds. The van der Waals surface area contributed by atoms with Gasteiger partial charge in [-0.3, -0.25) is 9.59 Å². The van der Waals surface area contributed by atoms with Gasteiger partial charge in [0.25, 0.3) is 5.91 Å². The van der Waals surface area contributed by atoms with Crippen LogP contribution in [0.5, 0.6) is 0 Å². The Morgan fingerprint density at radius 2 is 1.89 bits per heavy atom. The zero-order valence-corrected chi connectivity index (χ0v) is 15.7. The number of amides is 2. The first-order valence-electron chi connectivity index (χ1n) is 8.80. The number of anilines is 2. The van der Waals surface area contributed by atoms with Gasteiger partial charge in [0.2, 0.25) is 12.4 Å². The maximum absolute atomic E-state index is 12.7. The topological polar surface area (TPSA) is 105 Å². The highest BCUT2D eigenvalue weighted by Crippen LogP contribution is 2.16. The third kappa shape index (κ3) is 4.43. The summed E-state index contributed by atoms with van der Waals surface area (Å²) in [6.07, 6.45) is 0.829. The number of carbonyl (C=O) groups is 3. The number of rotatable bonds is 5. The van der Waals surface area contributed by atoms with E-state index in [1.807, 2.05) is 4.90 Å². The lowest BCUT2D eigenvalue weighted by Gasteiger charge is -2.32. The quantitative estimate of drug-likeness (QED) is 0.609. The van der Waals surface area contributed by atoms with Gasteiger partial charge in [0.15, 0.2) is 0 Å². The van der Waals surface area contributed by atoms with Crippen LogP contribution in [0.3, 0.4) is 0 Å². The molecule has 0 spiro atoms. The molecule has 1 saturated heterocycles. The third-order valence-electron chi connectivity index (χ3n) is 4.36. The Balaban J connectivity index is 1.76. The van der Waals surface area contributed by atoms with E-state index in [1.165, 1.54) is 13.2 Å². The molecule has 1 N–H and O–H groups in total. The van der Waals surface area contributed by atoms with E-state index < -0.39 is 11.9 Å². The minimum atomic E-state index is -0.481. The zero-order chi connectivity index (χ0) is 20.1. The Hall–Kier alpha value is -3.49. The fourth-order valence-corrected chi connectivity index (χ4v) is 2.87. The van der Waals surface area contributed by atoms with Crippen LogP contribution < -0.4 is 10.2 Å². The molecule has 0 bridgehead atoms.